The van der Waals surface area contributed by atoms with Crippen LogP contribution >= 0.6 is 0 Å². The molecule has 0 amide bonds. The Bertz CT molecular complexity index is 584. The Morgan fingerprint density at radius 2 is 1.86 bits per heavy atom. The summed E-state index contributed by atoms with van der Waals surface area (Å²) in [4.78, 5) is 0.365. The summed E-state index contributed by atoms with van der Waals surface area (Å²) in [5.74, 6) is 1.83. The molecule has 1 fully saturated rings. The lowest BCUT2D eigenvalue weighted by atomic mass is 9.96. The van der Waals surface area contributed by atoms with Crippen LogP contribution in [-0.4, -0.2) is 32.9 Å². The van der Waals surface area contributed by atoms with Crippen molar-refractivity contribution in [3.63, 3.8) is 0 Å². The van der Waals surface area contributed by atoms with Gasteiger partial charge in [-0.1, -0.05) is 13.3 Å². The van der Waals surface area contributed by atoms with Gasteiger partial charge in [0, 0.05) is 25.2 Å². The molecule has 5 nitrogen and oxygen atoms in total. The van der Waals surface area contributed by atoms with Gasteiger partial charge in [-0.05, 0) is 39.7 Å². The first kappa shape index (κ1) is 16.5. The van der Waals surface area contributed by atoms with Crippen molar-refractivity contribution in [1.29, 1.82) is 0 Å². The van der Waals surface area contributed by atoms with Crippen molar-refractivity contribution < 1.29 is 12.8 Å². The fourth-order valence-corrected chi connectivity index (χ4v) is 5.00. The Labute approximate surface area is 127 Å². The summed E-state index contributed by atoms with van der Waals surface area (Å²) >= 11 is 0. The molecule has 21 heavy (non-hydrogen) atoms. The van der Waals surface area contributed by atoms with Crippen LogP contribution in [0.25, 0.3) is 0 Å². The summed E-state index contributed by atoms with van der Waals surface area (Å²) in [5, 5.41) is 3.03. The highest BCUT2D eigenvalue weighted by Crippen LogP contribution is 2.32. The van der Waals surface area contributed by atoms with E-state index in [9.17, 15) is 8.42 Å². The largest absolute Gasteiger partial charge is 0.465 e. The lowest BCUT2D eigenvalue weighted by Gasteiger charge is -2.30. The fourth-order valence-electron chi connectivity index (χ4n) is 3.12. The lowest BCUT2D eigenvalue weighted by molar-refractivity contribution is 0.268. The van der Waals surface area contributed by atoms with Crippen molar-refractivity contribution >= 4 is 10.0 Å². The Kier molecular flexibility index (Phi) is 5.11. The zero-order valence-electron chi connectivity index (χ0n) is 13.4. The van der Waals surface area contributed by atoms with E-state index in [-0.39, 0.29) is 0 Å². The van der Waals surface area contributed by atoms with Crippen LogP contribution in [0.4, 0.5) is 0 Å². The third-order valence-corrected chi connectivity index (χ3v) is 6.52. The number of hydrogen-bond acceptors (Lipinski definition) is 4. The molecule has 0 aromatic carbocycles. The predicted octanol–water partition coefficient (Wildman–Crippen LogP) is 2.43. The van der Waals surface area contributed by atoms with Crippen molar-refractivity contribution in [2.75, 3.05) is 20.1 Å². The summed E-state index contributed by atoms with van der Waals surface area (Å²) in [6.45, 7) is 7.46. The second-order valence-corrected chi connectivity index (χ2v) is 7.68. The molecule has 0 aliphatic carbocycles. The van der Waals surface area contributed by atoms with Crippen molar-refractivity contribution in [3.05, 3.63) is 17.1 Å². The quantitative estimate of drug-likeness (QED) is 0.906. The number of sulfonamides is 1. The van der Waals surface area contributed by atoms with Crippen LogP contribution < -0.4 is 5.32 Å². The van der Waals surface area contributed by atoms with Gasteiger partial charge in [0.15, 0.2) is 0 Å². The number of aryl methyl sites for hydroxylation is 2. The smallest absolute Gasteiger partial charge is 0.246 e. The van der Waals surface area contributed by atoms with Crippen LogP contribution in [0.15, 0.2) is 9.31 Å². The molecule has 0 atom stereocenters. The minimum Gasteiger partial charge on any atom is -0.465 e. The molecule has 0 saturated carbocycles. The topological polar surface area (TPSA) is 62.6 Å². The molecule has 1 saturated heterocycles. The summed E-state index contributed by atoms with van der Waals surface area (Å²) < 4.78 is 33.1. The molecule has 0 spiro atoms. The van der Waals surface area contributed by atoms with E-state index >= 15 is 0 Å². The minimum absolute atomic E-state index is 0.365. The summed E-state index contributed by atoms with van der Waals surface area (Å²) in [6, 6.07) is 0. The molecule has 1 aromatic heterocycles. The molecular weight excluding hydrogens is 288 g/mol. The van der Waals surface area contributed by atoms with E-state index in [0.29, 0.717) is 42.0 Å². The van der Waals surface area contributed by atoms with Crippen LogP contribution in [0, 0.1) is 19.8 Å². The van der Waals surface area contributed by atoms with Gasteiger partial charge in [-0.2, -0.15) is 4.31 Å². The highest BCUT2D eigenvalue weighted by Gasteiger charge is 2.34. The van der Waals surface area contributed by atoms with E-state index in [1.807, 2.05) is 14.0 Å². The van der Waals surface area contributed by atoms with Crippen molar-refractivity contribution in [3.8, 4) is 0 Å². The van der Waals surface area contributed by atoms with Gasteiger partial charge in [-0.15, -0.1) is 0 Å². The molecule has 1 aliphatic heterocycles. The van der Waals surface area contributed by atoms with Gasteiger partial charge >= 0.3 is 0 Å². The van der Waals surface area contributed by atoms with E-state index < -0.39 is 10.0 Å². The van der Waals surface area contributed by atoms with E-state index in [1.165, 1.54) is 0 Å². The molecule has 6 heteroatoms. The Balaban J connectivity index is 2.32. The number of rotatable bonds is 5. The Morgan fingerprint density at radius 1 is 1.24 bits per heavy atom. The van der Waals surface area contributed by atoms with Gasteiger partial charge in [0.2, 0.25) is 10.0 Å². The van der Waals surface area contributed by atoms with E-state index in [4.69, 9.17) is 4.42 Å². The zero-order valence-corrected chi connectivity index (χ0v) is 14.2. The standard InChI is InChI=1S/C15H26N2O3S/c1-5-13-6-8-17(9-7-13)21(18,19)15-12(3)20-11(2)14(15)10-16-4/h13,16H,5-10H2,1-4H3. The van der Waals surface area contributed by atoms with Crippen LogP contribution in [0.2, 0.25) is 0 Å². The first-order chi connectivity index (χ1) is 9.91. The Morgan fingerprint density at radius 3 is 2.38 bits per heavy atom. The number of nitrogens with zero attached hydrogens (tertiary/aromatic N) is 1. The van der Waals surface area contributed by atoms with Crippen LogP contribution in [0.1, 0.15) is 43.3 Å². The van der Waals surface area contributed by atoms with E-state index in [0.717, 1.165) is 24.8 Å². The van der Waals surface area contributed by atoms with Gasteiger partial charge in [-0.25, -0.2) is 8.42 Å². The molecule has 1 N–H and O–H groups in total. The van der Waals surface area contributed by atoms with Crippen LogP contribution in [0.3, 0.4) is 0 Å². The first-order valence-corrected chi connectivity index (χ1v) is 9.09. The molecule has 2 rings (SSSR count). The fraction of sp³-hybridized carbons (Fsp3) is 0.733. The maximum atomic E-state index is 13.0. The number of piperidine rings is 1. The van der Waals surface area contributed by atoms with E-state index in [2.05, 4.69) is 12.2 Å². The molecule has 0 unspecified atom stereocenters. The summed E-state index contributed by atoms with van der Waals surface area (Å²) in [5.41, 5.74) is 0.757. The highest BCUT2D eigenvalue weighted by molar-refractivity contribution is 7.89. The molecule has 0 radical (unpaired) electrons. The monoisotopic (exact) mass is 314 g/mol. The van der Waals surface area contributed by atoms with Crippen LogP contribution in [0.5, 0.6) is 0 Å². The van der Waals surface area contributed by atoms with Crippen LogP contribution in [-0.2, 0) is 16.6 Å². The average molecular weight is 314 g/mol. The lowest BCUT2D eigenvalue weighted by Crippen LogP contribution is -2.38. The van der Waals surface area contributed by atoms with Gasteiger partial charge < -0.3 is 9.73 Å². The predicted molar refractivity (Wildman–Crippen MR) is 82.7 cm³/mol. The third-order valence-electron chi connectivity index (χ3n) is 4.43. The number of hydrogen-bond donors (Lipinski definition) is 1. The van der Waals surface area contributed by atoms with Crippen molar-refractivity contribution in [2.24, 2.45) is 5.92 Å². The highest BCUT2D eigenvalue weighted by atomic mass is 32.2. The molecule has 2 heterocycles. The molecule has 0 bridgehead atoms. The third kappa shape index (κ3) is 3.17. The Hall–Kier alpha value is -0.850. The maximum Gasteiger partial charge on any atom is 0.246 e. The SMILES string of the molecule is CCC1CCN(S(=O)(=O)c2c(C)oc(C)c2CNC)CC1. The maximum absolute atomic E-state index is 13.0. The molecule has 1 aliphatic rings. The summed E-state index contributed by atoms with van der Waals surface area (Å²) in [7, 11) is -1.65. The van der Waals surface area contributed by atoms with Gasteiger partial charge in [0.05, 0.1) is 0 Å². The average Bonchev–Trinajstić information content (AvgIpc) is 2.74. The summed E-state index contributed by atoms with van der Waals surface area (Å²) in [6.07, 6.45) is 3.03. The second-order valence-electron chi connectivity index (χ2n) is 5.81. The zero-order chi connectivity index (χ0) is 15.6. The molecule has 120 valence electrons. The first-order valence-electron chi connectivity index (χ1n) is 7.65. The van der Waals surface area contributed by atoms with Crippen molar-refractivity contribution in [2.45, 2.75) is 51.5 Å². The minimum atomic E-state index is -3.46. The molecule has 1 aromatic rings. The number of nitrogens with one attached hydrogen (secondary N) is 1. The second kappa shape index (κ2) is 6.50. The molecular formula is C15H26N2O3S. The van der Waals surface area contributed by atoms with Crippen molar-refractivity contribution in [1.82, 2.24) is 9.62 Å². The number of furan rings is 1. The van der Waals surface area contributed by atoms with Gasteiger partial charge in [0.25, 0.3) is 0 Å². The van der Waals surface area contributed by atoms with Gasteiger partial charge in [-0.3, -0.25) is 0 Å². The van der Waals surface area contributed by atoms with E-state index in [1.54, 1.807) is 11.2 Å². The van der Waals surface area contributed by atoms with Gasteiger partial charge in [0.1, 0.15) is 16.4 Å². The normalized spacial score (nSPS) is 18.3.